The minimum Gasteiger partial charge on any atom is -0.355 e. The average Bonchev–Trinajstić information content (AvgIpc) is 3.32. The number of rotatable bonds is 0. The first kappa shape index (κ1) is 15.4. The van der Waals surface area contributed by atoms with Crippen LogP contribution in [0.4, 0.5) is 0 Å². The Morgan fingerprint density at radius 1 is 0.480 bits per heavy atom. The van der Waals surface area contributed by atoms with Gasteiger partial charge in [0.05, 0.1) is 22.8 Å². The van der Waals surface area contributed by atoms with Gasteiger partial charge in [0.15, 0.2) is 0 Å². The molecule has 2 aliphatic rings. The number of H-pyrrole nitrogens is 2. The topological polar surface area (TPSA) is 57.4 Å². The summed E-state index contributed by atoms with van der Waals surface area (Å²) < 4.78 is 0. The molecule has 8 bridgehead atoms. The second-order valence-corrected chi connectivity index (χ2v) is 5.91. The van der Waals surface area contributed by atoms with E-state index in [4.69, 9.17) is 0 Å². The Morgan fingerprint density at radius 2 is 0.840 bits per heavy atom. The van der Waals surface area contributed by atoms with Gasteiger partial charge in [0, 0.05) is 22.1 Å². The van der Waals surface area contributed by atoms with Crippen molar-refractivity contribution in [1.82, 2.24) is 19.9 Å². The fraction of sp³-hybridized carbons (Fsp3) is 0. The molecule has 5 heterocycles. The summed E-state index contributed by atoms with van der Waals surface area (Å²) in [5.41, 5.74) is 7.86. The summed E-state index contributed by atoms with van der Waals surface area (Å²) in [4.78, 5) is 16.0. The third-order valence-corrected chi connectivity index (χ3v) is 4.04. The normalized spacial score (nSPS) is 12.2. The molecule has 0 atom stereocenters. The van der Waals surface area contributed by atoms with Crippen molar-refractivity contribution in [2.24, 2.45) is 0 Å². The molecule has 3 aromatic heterocycles. The van der Waals surface area contributed by atoms with Crippen molar-refractivity contribution in [2.45, 2.75) is 0 Å². The zero-order valence-electron chi connectivity index (χ0n) is 13.3. The molecule has 114 valence electrons. The summed E-state index contributed by atoms with van der Waals surface area (Å²) >= 11 is 0. The predicted octanol–water partition coefficient (Wildman–Crippen LogP) is 4.27. The molecule has 2 aliphatic heterocycles. The van der Waals surface area contributed by atoms with Crippen LogP contribution in [0.3, 0.4) is 0 Å². The summed E-state index contributed by atoms with van der Waals surface area (Å²) in [6.07, 6.45) is 8.05. The smallest absolute Gasteiger partial charge is 0.355 e. The van der Waals surface area contributed by atoms with Gasteiger partial charge in [-0.15, -0.1) is 0 Å². The molecule has 0 spiro atoms. The molecule has 3 aromatic rings. The fourth-order valence-electron chi connectivity index (χ4n) is 2.94. The van der Waals surface area contributed by atoms with Crippen LogP contribution in [0.1, 0.15) is 22.8 Å². The molecule has 0 radical (unpaired) electrons. The van der Waals surface area contributed by atoms with Crippen LogP contribution in [-0.2, 0) is 0 Å². The molecule has 0 unspecified atom stereocenters. The summed E-state index contributed by atoms with van der Waals surface area (Å²) in [5, 5.41) is 0. The Balaban J connectivity index is 0.00000157. The molecule has 0 aromatic carbocycles. The number of aromatic amines is 2. The first-order valence-electron chi connectivity index (χ1n) is 7.85. The molecule has 0 saturated carbocycles. The molecular weight excluding hydrogens is 324 g/mol. The van der Waals surface area contributed by atoms with E-state index in [1.165, 1.54) is 0 Å². The number of hydrogen-bond donors (Lipinski definition) is 2. The van der Waals surface area contributed by atoms with Gasteiger partial charge < -0.3 is 9.97 Å². The van der Waals surface area contributed by atoms with Gasteiger partial charge >= 0.3 is 11.0 Å². The van der Waals surface area contributed by atoms with E-state index in [-0.39, 0.29) is 11.0 Å². The molecular formula is C20H14N4Si+4. The molecule has 4 nitrogen and oxygen atoms in total. The molecule has 0 saturated heterocycles. The van der Waals surface area contributed by atoms with Gasteiger partial charge in [0.1, 0.15) is 0 Å². The summed E-state index contributed by atoms with van der Waals surface area (Å²) in [6, 6.07) is 16.4. The van der Waals surface area contributed by atoms with Crippen LogP contribution < -0.4 is 0 Å². The molecule has 0 fully saturated rings. The molecule has 5 heteroatoms. The maximum Gasteiger partial charge on any atom is 4.00 e. The van der Waals surface area contributed by atoms with Crippen LogP contribution in [-0.4, -0.2) is 30.9 Å². The van der Waals surface area contributed by atoms with Crippen molar-refractivity contribution in [1.29, 1.82) is 0 Å². The zero-order valence-corrected chi connectivity index (χ0v) is 14.3. The summed E-state index contributed by atoms with van der Waals surface area (Å²) in [7, 11) is 0. The third-order valence-electron chi connectivity index (χ3n) is 4.04. The van der Waals surface area contributed by atoms with Crippen molar-refractivity contribution < 1.29 is 0 Å². The first-order valence-corrected chi connectivity index (χ1v) is 7.85. The van der Waals surface area contributed by atoms with Gasteiger partial charge in [-0.25, -0.2) is 9.97 Å². The van der Waals surface area contributed by atoms with Crippen LogP contribution in [0.5, 0.6) is 0 Å². The fourth-order valence-corrected chi connectivity index (χ4v) is 2.94. The Kier molecular flexibility index (Phi) is 3.70. The number of hydrogen-bond acceptors (Lipinski definition) is 2. The largest absolute Gasteiger partial charge is 4.00 e. The van der Waals surface area contributed by atoms with E-state index in [9.17, 15) is 0 Å². The molecule has 5 rings (SSSR count). The van der Waals surface area contributed by atoms with E-state index in [2.05, 4.69) is 50.3 Å². The van der Waals surface area contributed by atoms with Gasteiger partial charge in [0.25, 0.3) is 0 Å². The van der Waals surface area contributed by atoms with Crippen LogP contribution in [0.2, 0.25) is 0 Å². The van der Waals surface area contributed by atoms with Crippen molar-refractivity contribution in [3.8, 4) is 0 Å². The van der Waals surface area contributed by atoms with Gasteiger partial charge in [-0.1, -0.05) is 0 Å². The molecule has 0 amide bonds. The molecule has 0 aliphatic carbocycles. The number of nitrogens with one attached hydrogen (secondary N) is 2. The van der Waals surface area contributed by atoms with Gasteiger partial charge in [-0.3, -0.25) is 0 Å². The first-order chi connectivity index (χ1) is 11.8. The second-order valence-electron chi connectivity index (χ2n) is 5.91. The van der Waals surface area contributed by atoms with Crippen molar-refractivity contribution >= 4 is 57.3 Å². The van der Waals surface area contributed by atoms with E-state index >= 15 is 0 Å². The Labute approximate surface area is 149 Å². The quantitative estimate of drug-likeness (QED) is 0.414. The average molecular weight is 338 g/mol. The Morgan fingerprint density at radius 3 is 1.28 bits per heavy atom. The van der Waals surface area contributed by atoms with Gasteiger partial charge in [-0.05, 0) is 72.8 Å². The zero-order chi connectivity index (χ0) is 15.9. The third kappa shape index (κ3) is 3.09. The predicted molar refractivity (Wildman–Crippen MR) is 105 cm³/mol. The maximum absolute atomic E-state index is 4.62. The standard InChI is InChI=1S/C20H14N4.Si/c1-2-14-10-16-5-6-18(23-16)12-20-8-7-19(24-20)11-17-4-3-15(22-17)9-13(1)21-14;/h1-12,21-22H;/q;+4. The van der Waals surface area contributed by atoms with Crippen molar-refractivity contribution in [2.75, 3.05) is 0 Å². The molecule has 25 heavy (non-hydrogen) atoms. The van der Waals surface area contributed by atoms with Crippen LogP contribution >= 0.6 is 0 Å². The SMILES string of the molecule is C1=Cc2cc3ccc(cc4ccc(cc5nc(cc1n2)C=C5)[nH]4)[nH]3.[Si+4]. The van der Waals surface area contributed by atoms with Gasteiger partial charge in [0.2, 0.25) is 0 Å². The summed E-state index contributed by atoms with van der Waals surface area (Å²) in [5.74, 6) is 0. The van der Waals surface area contributed by atoms with E-state index in [1.54, 1.807) is 0 Å². The second kappa shape index (κ2) is 6.03. The minimum atomic E-state index is 0. The Hall–Kier alpha value is -3.18. The van der Waals surface area contributed by atoms with Crippen molar-refractivity contribution in [3.63, 3.8) is 0 Å². The number of aromatic nitrogens is 4. The van der Waals surface area contributed by atoms with E-state index in [1.807, 2.05) is 42.5 Å². The van der Waals surface area contributed by atoms with E-state index in [0.29, 0.717) is 0 Å². The molecule has 2 N–H and O–H groups in total. The Bertz CT molecular complexity index is 1080. The number of fused-ring (bicyclic) bond motifs is 8. The van der Waals surface area contributed by atoms with Gasteiger partial charge in [-0.2, -0.15) is 0 Å². The van der Waals surface area contributed by atoms with Crippen LogP contribution in [0.15, 0.2) is 48.5 Å². The maximum atomic E-state index is 4.62. The minimum absolute atomic E-state index is 0. The van der Waals surface area contributed by atoms with E-state index in [0.717, 1.165) is 44.8 Å². The van der Waals surface area contributed by atoms with Crippen molar-refractivity contribution in [3.05, 3.63) is 71.3 Å². The van der Waals surface area contributed by atoms with Crippen LogP contribution in [0, 0.1) is 0 Å². The monoisotopic (exact) mass is 338 g/mol. The summed E-state index contributed by atoms with van der Waals surface area (Å²) in [6.45, 7) is 0. The van der Waals surface area contributed by atoms with E-state index < -0.39 is 0 Å². The van der Waals surface area contributed by atoms with Crippen LogP contribution in [0.25, 0.3) is 46.4 Å². The number of nitrogens with zero attached hydrogens (tertiary/aromatic N) is 2.